The van der Waals surface area contributed by atoms with Gasteiger partial charge in [-0.15, -0.1) is 0 Å². The summed E-state index contributed by atoms with van der Waals surface area (Å²) in [5.74, 6) is 1.25. The van der Waals surface area contributed by atoms with Crippen molar-refractivity contribution in [1.82, 2.24) is 15.5 Å². The zero-order chi connectivity index (χ0) is 13.1. The molecule has 0 aliphatic carbocycles. The number of benzene rings is 1. The summed E-state index contributed by atoms with van der Waals surface area (Å²) in [5, 5.41) is 8.11. The molecule has 1 unspecified atom stereocenters. The van der Waals surface area contributed by atoms with Gasteiger partial charge in [-0.05, 0) is 37.9 Å². The molecule has 2 heterocycles. The van der Waals surface area contributed by atoms with Gasteiger partial charge in [-0.3, -0.25) is 0 Å². The molecule has 5 heteroatoms. The second-order valence-electron chi connectivity index (χ2n) is 4.82. The van der Waals surface area contributed by atoms with Gasteiger partial charge in [0, 0.05) is 18.0 Å². The number of nitrogens with one attached hydrogen (secondary N) is 1. The maximum Gasteiger partial charge on any atom is 0.227 e. The van der Waals surface area contributed by atoms with Gasteiger partial charge in [0.25, 0.3) is 0 Å². The van der Waals surface area contributed by atoms with E-state index in [4.69, 9.17) is 16.1 Å². The third-order valence-corrected chi connectivity index (χ3v) is 3.78. The molecule has 2 aromatic rings. The minimum atomic E-state index is 0.569. The highest BCUT2D eigenvalue weighted by Crippen LogP contribution is 2.25. The number of halogens is 1. The third-order valence-electron chi connectivity index (χ3n) is 3.45. The molecule has 19 heavy (non-hydrogen) atoms. The molecule has 0 spiro atoms. The van der Waals surface area contributed by atoms with Crippen molar-refractivity contribution in [1.29, 1.82) is 0 Å². The Hall–Kier alpha value is -1.39. The quantitative estimate of drug-likeness (QED) is 0.933. The normalized spacial score (nSPS) is 18.9. The van der Waals surface area contributed by atoms with Crippen LogP contribution in [0.15, 0.2) is 28.8 Å². The summed E-state index contributed by atoms with van der Waals surface area (Å²) in [6.07, 6.45) is 4.37. The lowest BCUT2D eigenvalue weighted by Gasteiger charge is -2.06. The summed E-state index contributed by atoms with van der Waals surface area (Å²) < 4.78 is 5.29. The van der Waals surface area contributed by atoms with E-state index >= 15 is 0 Å². The highest BCUT2D eigenvalue weighted by molar-refractivity contribution is 6.33. The van der Waals surface area contributed by atoms with Crippen LogP contribution in [0.1, 0.15) is 25.2 Å². The van der Waals surface area contributed by atoms with Crippen molar-refractivity contribution in [2.75, 3.05) is 6.54 Å². The first-order chi connectivity index (χ1) is 9.33. The van der Waals surface area contributed by atoms with Crippen molar-refractivity contribution in [2.24, 2.45) is 0 Å². The average molecular weight is 278 g/mol. The minimum absolute atomic E-state index is 0.569. The van der Waals surface area contributed by atoms with Gasteiger partial charge in [-0.2, -0.15) is 4.98 Å². The number of nitrogens with zero attached hydrogens (tertiary/aromatic N) is 2. The summed E-state index contributed by atoms with van der Waals surface area (Å²) in [7, 11) is 0. The minimum Gasteiger partial charge on any atom is -0.339 e. The highest BCUT2D eigenvalue weighted by atomic mass is 35.5. The lowest BCUT2D eigenvalue weighted by molar-refractivity contribution is 0.369. The topological polar surface area (TPSA) is 51.0 Å². The second kappa shape index (κ2) is 5.72. The largest absolute Gasteiger partial charge is 0.339 e. The van der Waals surface area contributed by atoms with Gasteiger partial charge in [0.1, 0.15) is 0 Å². The maximum absolute atomic E-state index is 6.12. The molecule has 1 aromatic heterocycles. The summed E-state index contributed by atoms with van der Waals surface area (Å²) in [6, 6.07) is 8.12. The van der Waals surface area contributed by atoms with Crippen molar-refractivity contribution < 1.29 is 4.52 Å². The van der Waals surface area contributed by atoms with E-state index in [-0.39, 0.29) is 0 Å². The fourth-order valence-electron chi connectivity index (χ4n) is 2.41. The molecular weight excluding hydrogens is 262 g/mol. The van der Waals surface area contributed by atoms with Gasteiger partial charge in [0.15, 0.2) is 0 Å². The van der Waals surface area contributed by atoms with Crippen molar-refractivity contribution in [3.05, 3.63) is 35.2 Å². The molecule has 100 valence electrons. The molecule has 1 saturated heterocycles. The Labute approximate surface area is 117 Å². The van der Waals surface area contributed by atoms with Crippen LogP contribution in [-0.4, -0.2) is 22.7 Å². The van der Waals surface area contributed by atoms with E-state index in [1.807, 2.05) is 24.3 Å². The summed E-state index contributed by atoms with van der Waals surface area (Å²) in [4.78, 5) is 4.41. The molecule has 1 atom stereocenters. The van der Waals surface area contributed by atoms with Gasteiger partial charge in [-0.25, -0.2) is 0 Å². The predicted octanol–water partition coefficient (Wildman–Crippen LogP) is 3.07. The van der Waals surface area contributed by atoms with Gasteiger partial charge in [0.2, 0.25) is 11.7 Å². The second-order valence-corrected chi connectivity index (χ2v) is 5.23. The molecule has 0 amide bonds. The maximum atomic E-state index is 6.12. The van der Waals surface area contributed by atoms with Crippen LogP contribution in [0.5, 0.6) is 0 Å². The van der Waals surface area contributed by atoms with Crippen molar-refractivity contribution >= 4 is 11.6 Å². The van der Waals surface area contributed by atoms with Crippen LogP contribution in [0.4, 0.5) is 0 Å². The molecule has 1 fully saturated rings. The van der Waals surface area contributed by atoms with Crippen LogP contribution in [0, 0.1) is 0 Å². The molecule has 1 aliphatic heterocycles. The van der Waals surface area contributed by atoms with Crippen LogP contribution in [0.25, 0.3) is 11.4 Å². The average Bonchev–Trinajstić information content (AvgIpc) is 3.08. The van der Waals surface area contributed by atoms with Crippen molar-refractivity contribution in [2.45, 2.75) is 31.7 Å². The third kappa shape index (κ3) is 2.96. The van der Waals surface area contributed by atoms with Crippen LogP contribution in [0.3, 0.4) is 0 Å². The standard InChI is InChI=1S/C14H16ClN3O/c15-12-6-2-1-5-11(12)14-17-13(19-18-14)8-7-10-4-3-9-16-10/h1-2,5-6,10,16H,3-4,7-9H2. The Morgan fingerprint density at radius 1 is 1.37 bits per heavy atom. The van der Waals surface area contributed by atoms with E-state index < -0.39 is 0 Å². The Kier molecular flexibility index (Phi) is 3.80. The molecule has 1 aliphatic rings. The molecule has 0 radical (unpaired) electrons. The van der Waals surface area contributed by atoms with Crippen LogP contribution in [0.2, 0.25) is 5.02 Å². The van der Waals surface area contributed by atoms with Crippen LogP contribution >= 0.6 is 11.6 Å². The van der Waals surface area contributed by atoms with E-state index in [9.17, 15) is 0 Å². The fraction of sp³-hybridized carbons (Fsp3) is 0.429. The Bertz CT molecular complexity index is 549. The first kappa shape index (κ1) is 12.6. The summed E-state index contributed by atoms with van der Waals surface area (Å²) in [5.41, 5.74) is 0.818. The molecule has 0 saturated carbocycles. The first-order valence-corrected chi connectivity index (χ1v) is 7.01. The van der Waals surface area contributed by atoms with Gasteiger partial charge >= 0.3 is 0 Å². The Morgan fingerprint density at radius 3 is 3.05 bits per heavy atom. The zero-order valence-corrected chi connectivity index (χ0v) is 11.4. The highest BCUT2D eigenvalue weighted by Gasteiger charge is 2.16. The lowest BCUT2D eigenvalue weighted by atomic mass is 10.1. The molecule has 1 N–H and O–H groups in total. The zero-order valence-electron chi connectivity index (χ0n) is 10.6. The van der Waals surface area contributed by atoms with Gasteiger partial charge in [0.05, 0.1) is 5.02 Å². The lowest BCUT2D eigenvalue weighted by Crippen LogP contribution is -2.21. The number of aromatic nitrogens is 2. The van der Waals surface area contributed by atoms with E-state index in [1.165, 1.54) is 12.8 Å². The van der Waals surface area contributed by atoms with E-state index in [0.717, 1.165) is 24.9 Å². The smallest absolute Gasteiger partial charge is 0.227 e. The van der Waals surface area contributed by atoms with Crippen molar-refractivity contribution in [3.63, 3.8) is 0 Å². The Balaban J connectivity index is 1.67. The SMILES string of the molecule is Clc1ccccc1-c1noc(CCC2CCCN2)n1. The number of hydrogen-bond donors (Lipinski definition) is 1. The van der Waals surface area contributed by atoms with E-state index in [0.29, 0.717) is 22.8 Å². The molecule has 1 aromatic carbocycles. The fourth-order valence-corrected chi connectivity index (χ4v) is 2.63. The van der Waals surface area contributed by atoms with Crippen LogP contribution < -0.4 is 5.32 Å². The van der Waals surface area contributed by atoms with Gasteiger partial charge in [-0.1, -0.05) is 28.9 Å². The summed E-state index contributed by atoms with van der Waals surface area (Å²) in [6.45, 7) is 1.12. The van der Waals surface area contributed by atoms with Gasteiger partial charge < -0.3 is 9.84 Å². The van der Waals surface area contributed by atoms with Crippen LogP contribution in [-0.2, 0) is 6.42 Å². The predicted molar refractivity (Wildman–Crippen MR) is 74.1 cm³/mol. The number of rotatable bonds is 4. The summed E-state index contributed by atoms with van der Waals surface area (Å²) >= 11 is 6.12. The molecule has 4 nitrogen and oxygen atoms in total. The number of hydrogen-bond acceptors (Lipinski definition) is 4. The molecule has 0 bridgehead atoms. The first-order valence-electron chi connectivity index (χ1n) is 6.64. The van der Waals surface area contributed by atoms with E-state index in [1.54, 1.807) is 0 Å². The molecular formula is C14H16ClN3O. The van der Waals surface area contributed by atoms with E-state index in [2.05, 4.69) is 15.5 Å². The Morgan fingerprint density at radius 2 is 2.26 bits per heavy atom. The monoisotopic (exact) mass is 277 g/mol. The van der Waals surface area contributed by atoms with Crippen molar-refractivity contribution in [3.8, 4) is 11.4 Å². The number of aryl methyl sites for hydroxylation is 1. The molecule has 3 rings (SSSR count).